The van der Waals surface area contributed by atoms with Crippen molar-refractivity contribution in [3.63, 3.8) is 0 Å². The van der Waals surface area contributed by atoms with Crippen LogP contribution in [0.15, 0.2) is 12.1 Å². The zero-order valence-corrected chi connectivity index (χ0v) is 13.0. The zero-order valence-electron chi connectivity index (χ0n) is 13.0. The second kappa shape index (κ2) is 7.31. The summed E-state index contributed by atoms with van der Waals surface area (Å²) in [4.78, 5) is 25.5. The lowest BCUT2D eigenvalue weighted by atomic mass is 9.94. The van der Waals surface area contributed by atoms with Crippen molar-refractivity contribution >= 4 is 11.8 Å². The van der Waals surface area contributed by atoms with Crippen LogP contribution < -0.4 is 5.73 Å². The van der Waals surface area contributed by atoms with Crippen LogP contribution in [-0.2, 0) is 9.53 Å². The van der Waals surface area contributed by atoms with E-state index in [9.17, 15) is 9.59 Å². The maximum Gasteiger partial charge on any atom is 0.274 e. The Hall–Kier alpha value is -2.02. The number of rotatable bonds is 5. The van der Waals surface area contributed by atoms with Gasteiger partial charge in [-0.25, -0.2) is 0 Å². The monoisotopic (exact) mass is 306 g/mol. The van der Waals surface area contributed by atoms with E-state index in [0.717, 1.165) is 18.5 Å². The molecule has 0 saturated carbocycles. The first-order chi connectivity index (χ1) is 10.5. The Labute approximate surface area is 129 Å². The standard InChI is InChI=1S/C15H22N4O3/c1-10-5-6-11(18-17-10)15(21)19-9-3-4-13(22-2)12(19)7-8-14(16)20/h5-6,12-13H,3-4,7-9H2,1-2H3,(H2,16,20)/t12-,13-/m0/s1. The van der Waals surface area contributed by atoms with E-state index in [1.807, 2.05) is 6.92 Å². The van der Waals surface area contributed by atoms with Crippen molar-refractivity contribution in [2.45, 2.75) is 44.8 Å². The number of methoxy groups -OCH3 is 1. The molecule has 0 spiro atoms. The molecule has 2 amide bonds. The van der Waals surface area contributed by atoms with Crippen molar-refractivity contribution in [3.8, 4) is 0 Å². The quantitative estimate of drug-likeness (QED) is 0.862. The van der Waals surface area contributed by atoms with Crippen molar-refractivity contribution < 1.29 is 14.3 Å². The molecule has 2 atom stereocenters. The number of piperidine rings is 1. The molecular weight excluding hydrogens is 284 g/mol. The third kappa shape index (κ3) is 3.79. The largest absolute Gasteiger partial charge is 0.379 e. The van der Waals surface area contributed by atoms with Gasteiger partial charge in [-0.1, -0.05) is 0 Å². The molecule has 7 nitrogen and oxygen atoms in total. The number of hydrogen-bond acceptors (Lipinski definition) is 5. The highest BCUT2D eigenvalue weighted by molar-refractivity contribution is 5.92. The summed E-state index contributed by atoms with van der Waals surface area (Å²) >= 11 is 0. The van der Waals surface area contributed by atoms with Crippen LogP contribution in [-0.4, -0.2) is 52.7 Å². The predicted molar refractivity (Wildman–Crippen MR) is 80.1 cm³/mol. The van der Waals surface area contributed by atoms with E-state index < -0.39 is 0 Å². The van der Waals surface area contributed by atoms with Crippen LogP contribution >= 0.6 is 0 Å². The molecule has 1 aromatic rings. The molecule has 22 heavy (non-hydrogen) atoms. The molecule has 120 valence electrons. The zero-order chi connectivity index (χ0) is 16.1. The number of ether oxygens (including phenoxy) is 1. The fourth-order valence-corrected chi connectivity index (χ4v) is 2.84. The van der Waals surface area contributed by atoms with E-state index in [4.69, 9.17) is 10.5 Å². The summed E-state index contributed by atoms with van der Waals surface area (Å²) in [5.74, 6) is -0.549. The average molecular weight is 306 g/mol. The third-order valence-electron chi connectivity index (χ3n) is 3.98. The van der Waals surface area contributed by atoms with Crippen molar-refractivity contribution in [2.75, 3.05) is 13.7 Å². The van der Waals surface area contributed by atoms with Gasteiger partial charge < -0.3 is 15.4 Å². The van der Waals surface area contributed by atoms with Crippen molar-refractivity contribution in [3.05, 3.63) is 23.5 Å². The molecule has 0 bridgehead atoms. The molecule has 2 N–H and O–H groups in total. The van der Waals surface area contributed by atoms with E-state index in [2.05, 4.69) is 10.2 Å². The number of nitrogens with zero attached hydrogens (tertiary/aromatic N) is 3. The third-order valence-corrected chi connectivity index (χ3v) is 3.98. The first kappa shape index (κ1) is 16.4. The number of hydrogen-bond donors (Lipinski definition) is 1. The topological polar surface area (TPSA) is 98.4 Å². The molecule has 1 saturated heterocycles. The van der Waals surface area contributed by atoms with Gasteiger partial charge in [0.15, 0.2) is 5.69 Å². The number of nitrogens with two attached hydrogens (primary N) is 1. The Morgan fingerprint density at radius 2 is 2.18 bits per heavy atom. The Balaban J connectivity index is 2.18. The van der Waals surface area contributed by atoms with E-state index in [1.54, 1.807) is 24.1 Å². The summed E-state index contributed by atoms with van der Waals surface area (Å²) in [5, 5.41) is 7.89. The fraction of sp³-hybridized carbons (Fsp3) is 0.600. The summed E-state index contributed by atoms with van der Waals surface area (Å²) in [6.45, 7) is 2.44. The maximum atomic E-state index is 12.7. The van der Waals surface area contributed by atoms with Crippen LogP contribution in [0.5, 0.6) is 0 Å². The fourth-order valence-electron chi connectivity index (χ4n) is 2.84. The maximum absolute atomic E-state index is 12.7. The van der Waals surface area contributed by atoms with Crippen molar-refractivity contribution in [1.29, 1.82) is 0 Å². The number of primary amides is 1. The van der Waals surface area contributed by atoms with Crippen LogP contribution in [0.4, 0.5) is 0 Å². The summed E-state index contributed by atoms with van der Waals surface area (Å²) < 4.78 is 5.49. The number of carbonyl (C=O) groups excluding carboxylic acids is 2. The number of amides is 2. The number of carbonyl (C=O) groups is 2. The highest BCUT2D eigenvalue weighted by Crippen LogP contribution is 2.25. The second-order valence-corrected chi connectivity index (χ2v) is 5.55. The summed E-state index contributed by atoms with van der Waals surface area (Å²) in [6, 6.07) is 3.27. The van der Waals surface area contributed by atoms with E-state index in [-0.39, 0.29) is 30.4 Å². The average Bonchev–Trinajstić information content (AvgIpc) is 2.52. The van der Waals surface area contributed by atoms with Gasteiger partial charge in [0.25, 0.3) is 5.91 Å². The van der Waals surface area contributed by atoms with Gasteiger partial charge in [-0.3, -0.25) is 9.59 Å². The molecule has 0 aromatic carbocycles. The molecule has 1 aliphatic heterocycles. The Bertz CT molecular complexity index is 532. The molecule has 0 radical (unpaired) electrons. The molecule has 2 heterocycles. The van der Waals surface area contributed by atoms with E-state index in [1.165, 1.54) is 0 Å². The normalized spacial score (nSPS) is 21.6. The van der Waals surface area contributed by atoms with Gasteiger partial charge >= 0.3 is 0 Å². The lowest BCUT2D eigenvalue weighted by Crippen LogP contribution is -2.52. The molecule has 2 rings (SSSR count). The van der Waals surface area contributed by atoms with Gasteiger partial charge in [0.05, 0.1) is 17.8 Å². The Morgan fingerprint density at radius 1 is 1.41 bits per heavy atom. The minimum atomic E-state index is -0.372. The summed E-state index contributed by atoms with van der Waals surface area (Å²) in [7, 11) is 1.63. The predicted octanol–water partition coefficient (Wildman–Crippen LogP) is 0.670. The minimum absolute atomic E-state index is 0.0875. The first-order valence-electron chi connectivity index (χ1n) is 7.45. The summed E-state index contributed by atoms with van der Waals surface area (Å²) in [5.41, 5.74) is 6.31. The van der Waals surface area contributed by atoms with Gasteiger partial charge in [-0.05, 0) is 38.3 Å². The highest BCUT2D eigenvalue weighted by atomic mass is 16.5. The smallest absolute Gasteiger partial charge is 0.274 e. The van der Waals surface area contributed by atoms with Crippen molar-refractivity contribution in [1.82, 2.24) is 15.1 Å². The molecule has 0 unspecified atom stereocenters. The van der Waals surface area contributed by atoms with Crippen LogP contribution in [0.3, 0.4) is 0 Å². The van der Waals surface area contributed by atoms with Crippen LogP contribution in [0.2, 0.25) is 0 Å². The van der Waals surface area contributed by atoms with Crippen LogP contribution in [0.1, 0.15) is 41.9 Å². The molecule has 1 aromatic heterocycles. The number of aromatic nitrogens is 2. The van der Waals surface area contributed by atoms with Gasteiger partial charge in [0.1, 0.15) is 0 Å². The number of aryl methyl sites for hydroxylation is 1. The number of likely N-dealkylation sites (tertiary alicyclic amines) is 1. The van der Waals surface area contributed by atoms with Gasteiger partial charge in [0.2, 0.25) is 5.91 Å². The Kier molecular flexibility index (Phi) is 5.43. The van der Waals surface area contributed by atoms with E-state index in [0.29, 0.717) is 18.7 Å². The molecule has 0 aliphatic carbocycles. The SMILES string of the molecule is CO[C@H]1CCCN(C(=O)c2ccc(C)nn2)[C@H]1CCC(N)=O. The lowest BCUT2D eigenvalue weighted by molar-refractivity contribution is -0.118. The molecular formula is C15H22N4O3. The van der Waals surface area contributed by atoms with Crippen LogP contribution in [0, 0.1) is 6.92 Å². The molecule has 1 aliphatic rings. The van der Waals surface area contributed by atoms with E-state index >= 15 is 0 Å². The molecule has 1 fully saturated rings. The second-order valence-electron chi connectivity index (χ2n) is 5.55. The van der Waals surface area contributed by atoms with Gasteiger partial charge in [0, 0.05) is 20.1 Å². The first-order valence-corrected chi connectivity index (χ1v) is 7.45. The summed E-state index contributed by atoms with van der Waals surface area (Å²) in [6.07, 6.45) is 2.36. The highest BCUT2D eigenvalue weighted by Gasteiger charge is 2.35. The van der Waals surface area contributed by atoms with Crippen molar-refractivity contribution in [2.24, 2.45) is 5.73 Å². The molecule has 7 heteroatoms. The van der Waals surface area contributed by atoms with Gasteiger partial charge in [-0.15, -0.1) is 5.10 Å². The minimum Gasteiger partial charge on any atom is -0.379 e. The van der Waals surface area contributed by atoms with Crippen LogP contribution in [0.25, 0.3) is 0 Å². The lowest BCUT2D eigenvalue weighted by Gasteiger charge is -2.40. The van der Waals surface area contributed by atoms with Gasteiger partial charge in [-0.2, -0.15) is 5.10 Å². The Morgan fingerprint density at radius 3 is 2.77 bits per heavy atom.